The molecule has 0 saturated carbocycles. The average molecular weight is 344 g/mol. The van der Waals surface area contributed by atoms with Gasteiger partial charge in [-0.05, 0) is 24.9 Å². The van der Waals surface area contributed by atoms with Gasteiger partial charge in [-0.25, -0.2) is 0 Å². The Morgan fingerprint density at radius 3 is 2.76 bits per heavy atom. The minimum absolute atomic E-state index is 0.0517. The lowest BCUT2D eigenvalue weighted by Crippen LogP contribution is -2.37. The molecule has 2 heterocycles. The molecule has 0 aliphatic carbocycles. The number of likely N-dealkylation sites (tertiary alicyclic amines) is 1. The molecule has 1 aliphatic rings. The van der Waals surface area contributed by atoms with Crippen molar-refractivity contribution in [3.05, 3.63) is 58.4 Å². The van der Waals surface area contributed by atoms with Crippen molar-refractivity contribution in [2.24, 2.45) is 0 Å². The molecule has 0 amide bonds. The number of aliphatic hydroxyl groups excluding tert-OH is 1. The highest BCUT2D eigenvalue weighted by atomic mass is 16.6. The van der Waals surface area contributed by atoms with E-state index in [-0.39, 0.29) is 12.2 Å². The van der Waals surface area contributed by atoms with Crippen molar-refractivity contribution < 1.29 is 10.0 Å². The topological polar surface area (TPSA) is 84.4 Å². The van der Waals surface area contributed by atoms with Crippen molar-refractivity contribution in [1.82, 2.24) is 14.7 Å². The molecule has 7 heteroatoms. The van der Waals surface area contributed by atoms with Gasteiger partial charge in [0.1, 0.15) is 12.4 Å². The maximum Gasteiger partial charge on any atom is 0.306 e. The van der Waals surface area contributed by atoms with Crippen LogP contribution >= 0.6 is 0 Å². The zero-order chi connectivity index (χ0) is 17.6. The first-order valence-corrected chi connectivity index (χ1v) is 8.77. The van der Waals surface area contributed by atoms with Crippen LogP contribution in [0.15, 0.2) is 42.7 Å². The van der Waals surface area contributed by atoms with Crippen LogP contribution in [0.5, 0.6) is 0 Å². The van der Waals surface area contributed by atoms with Crippen LogP contribution in [0.3, 0.4) is 0 Å². The van der Waals surface area contributed by atoms with Gasteiger partial charge in [0.15, 0.2) is 0 Å². The molecule has 134 valence electrons. The summed E-state index contributed by atoms with van der Waals surface area (Å²) >= 11 is 0. The van der Waals surface area contributed by atoms with Gasteiger partial charge in [0.05, 0.1) is 17.6 Å². The molecule has 2 atom stereocenters. The maximum absolute atomic E-state index is 10.7. The Bertz CT molecular complexity index is 689. The molecule has 1 aliphatic heterocycles. The first-order chi connectivity index (χ1) is 12.1. The van der Waals surface area contributed by atoms with Gasteiger partial charge < -0.3 is 5.11 Å². The van der Waals surface area contributed by atoms with E-state index in [4.69, 9.17) is 0 Å². The second-order valence-corrected chi connectivity index (χ2v) is 6.60. The fraction of sp³-hybridized carbons (Fsp3) is 0.500. The van der Waals surface area contributed by atoms with Crippen LogP contribution in [0, 0.1) is 10.1 Å². The summed E-state index contributed by atoms with van der Waals surface area (Å²) in [5.41, 5.74) is 1.23. The first-order valence-electron chi connectivity index (χ1n) is 8.77. The molecule has 1 N–H and O–H groups in total. The lowest BCUT2D eigenvalue weighted by Gasteiger charge is -2.32. The van der Waals surface area contributed by atoms with Crippen LogP contribution in [0.2, 0.25) is 0 Å². The van der Waals surface area contributed by atoms with Gasteiger partial charge in [-0.2, -0.15) is 5.10 Å². The Balaban J connectivity index is 1.66. The summed E-state index contributed by atoms with van der Waals surface area (Å²) < 4.78 is 1.44. The standard InChI is InChI=1S/C18H24N4O3/c23-17(14-21-12-16(11-19-21)22(24)25)13-20-10-6-2-5-9-18(20)15-7-3-1-4-8-15/h1,3-4,7-8,11-12,17-18,23H,2,5-6,9-10,13-14H2. The zero-order valence-corrected chi connectivity index (χ0v) is 14.2. The number of rotatable bonds is 6. The Morgan fingerprint density at radius 2 is 2.04 bits per heavy atom. The van der Waals surface area contributed by atoms with Gasteiger partial charge in [0, 0.05) is 12.6 Å². The molecule has 1 aromatic heterocycles. The van der Waals surface area contributed by atoms with Gasteiger partial charge in [0.25, 0.3) is 0 Å². The van der Waals surface area contributed by atoms with Crippen molar-refractivity contribution in [3.63, 3.8) is 0 Å². The molecule has 25 heavy (non-hydrogen) atoms. The van der Waals surface area contributed by atoms with Crippen LogP contribution in [-0.2, 0) is 6.54 Å². The van der Waals surface area contributed by atoms with Crippen molar-refractivity contribution in [2.75, 3.05) is 13.1 Å². The second-order valence-electron chi connectivity index (χ2n) is 6.60. The summed E-state index contributed by atoms with van der Waals surface area (Å²) in [5.74, 6) is 0. The third kappa shape index (κ3) is 4.64. The Kier molecular flexibility index (Phi) is 5.78. The number of hydrogen-bond acceptors (Lipinski definition) is 5. The molecule has 0 spiro atoms. The van der Waals surface area contributed by atoms with Crippen molar-refractivity contribution in [2.45, 2.75) is 44.4 Å². The lowest BCUT2D eigenvalue weighted by molar-refractivity contribution is -0.385. The number of nitrogens with zero attached hydrogens (tertiary/aromatic N) is 4. The molecule has 2 aromatic rings. The third-order valence-corrected chi connectivity index (χ3v) is 4.72. The van der Waals surface area contributed by atoms with E-state index in [2.05, 4.69) is 34.3 Å². The number of β-amino-alcohol motifs (C(OH)–C–C–N with tert-alkyl or cyclic N) is 1. The summed E-state index contributed by atoms with van der Waals surface area (Å²) in [7, 11) is 0. The van der Waals surface area contributed by atoms with E-state index in [1.807, 2.05) is 6.07 Å². The normalized spacial score (nSPS) is 20.1. The quantitative estimate of drug-likeness (QED) is 0.643. The van der Waals surface area contributed by atoms with Crippen LogP contribution < -0.4 is 0 Å². The van der Waals surface area contributed by atoms with E-state index in [1.54, 1.807) is 0 Å². The Hall–Kier alpha value is -2.25. The van der Waals surface area contributed by atoms with Crippen molar-refractivity contribution in [3.8, 4) is 0 Å². The van der Waals surface area contributed by atoms with Crippen LogP contribution in [0.4, 0.5) is 5.69 Å². The zero-order valence-electron chi connectivity index (χ0n) is 14.2. The summed E-state index contributed by atoms with van der Waals surface area (Å²) in [6.45, 7) is 1.74. The number of benzene rings is 1. The highest BCUT2D eigenvalue weighted by molar-refractivity contribution is 5.21. The Morgan fingerprint density at radius 1 is 1.24 bits per heavy atom. The lowest BCUT2D eigenvalue weighted by atomic mass is 10.0. The van der Waals surface area contributed by atoms with Gasteiger partial charge >= 0.3 is 5.69 Å². The van der Waals surface area contributed by atoms with E-state index in [9.17, 15) is 15.2 Å². The summed E-state index contributed by atoms with van der Waals surface area (Å²) in [5, 5.41) is 25.2. The molecule has 2 unspecified atom stereocenters. The van der Waals surface area contributed by atoms with E-state index in [0.29, 0.717) is 12.6 Å². The molecule has 0 radical (unpaired) electrons. The fourth-order valence-electron chi connectivity index (χ4n) is 3.53. The minimum atomic E-state index is -0.621. The highest BCUT2D eigenvalue weighted by Gasteiger charge is 2.24. The van der Waals surface area contributed by atoms with E-state index < -0.39 is 11.0 Å². The average Bonchev–Trinajstić information content (AvgIpc) is 2.95. The van der Waals surface area contributed by atoms with E-state index in [0.717, 1.165) is 19.4 Å². The van der Waals surface area contributed by atoms with Crippen molar-refractivity contribution >= 4 is 5.69 Å². The molecule has 1 aromatic carbocycles. The smallest absolute Gasteiger partial charge is 0.306 e. The van der Waals surface area contributed by atoms with Gasteiger partial charge in [0.2, 0.25) is 0 Å². The molecule has 7 nitrogen and oxygen atoms in total. The van der Waals surface area contributed by atoms with E-state index in [1.165, 1.54) is 35.5 Å². The molecule has 1 saturated heterocycles. The monoisotopic (exact) mass is 344 g/mol. The molecule has 0 bridgehead atoms. The predicted molar refractivity (Wildman–Crippen MR) is 94.1 cm³/mol. The molecule has 3 rings (SSSR count). The summed E-state index contributed by atoms with van der Waals surface area (Å²) in [6, 6.07) is 10.7. The third-order valence-electron chi connectivity index (χ3n) is 4.72. The van der Waals surface area contributed by atoms with Gasteiger partial charge in [-0.15, -0.1) is 0 Å². The van der Waals surface area contributed by atoms with Crippen molar-refractivity contribution in [1.29, 1.82) is 0 Å². The summed E-state index contributed by atoms with van der Waals surface area (Å²) in [4.78, 5) is 12.6. The summed E-state index contributed by atoms with van der Waals surface area (Å²) in [6.07, 6.45) is 6.57. The van der Waals surface area contributed by atoms with Gasteiger partial charge in [-0.3, -0.25) is 19.7 Å². The Labute approximate surface area is 147 Å². The predicted octanol–water partition coefficient (Wildman–Crippen LogP) is 2.77. The van der Waals surface area contributed by atoms with Gasteiger partial charge in [-0.1, -0.05) is 43.2 Å². The molecular formula is C18H24N4O3. The largest absolute Gasteiger partial charge is 0.390 e. The SMILES string of the molecule is O=[N+]([O-])c1cnn(CC(O)CN2CCCCCC2c2ccccc2)c1. The fourth-order valence-corrected chi connectivity index (χ4v) is 3.53. The van der Waals surface area contributed by atoms with Crippen LogP contribution in [-0.4, -0.2) is 43.9 Å². The number of aromatic nitrogens is 2. The highest BCUT2D eigenvalue weighted by Crippen LogP contribution is 2.30. The number of hydrogen-bond donors (Lipinski definition) is 1. The van der Waals surface area contributed by atoms with Crippen LogP contribution in [0.1, 0.15) is 37.3 Å². The minimum Gasteiger partial charge on any atom is -0.390 e. The van der Waals surface area contributed by atoms with Crippen LogP contribution in [0.25, 0.3) is 0 Å². The maximum atomic E-state index is 10.7. The second kappa shape index (κ2) is 8.22. The first kappa shape index (κ1) is 17.6. The molecule has 1 fully saturated rings. The number of aliphatic hydroxyl groups is 1. The number of nitro groups is 1. The van der Waals surface area contributed by atoms with E-state index >= 15 is 0 Å². The molecular weight excluding hydrogens is 320 g/mol.